The maximum atomic E-state index is 13.6. The highest BCUT2D eigenvalue weighted by atomic mass is 32.2. The molecule has 0 saturated heterocycles. The third-order valence-electron chi connectivity index (χ3n) is 6.65. The van der Waals surface area contributed by atoms with Crippen LogP contribution in [-0.4, -0.2) is 70.7 Å². The molecule has 1 aliphatic heterocycles. The van der Waals surface area contributed by atoms with E-state index in [2.05, 4.69) is 15.8 Å². The van der Waals surface area contributed by atoms with E-state index in [1.54, 1.807) is 74.9 Å². The number of nitrogens with one attached hydrogen (secondary N) is 2. The van der Waals surface area contributed by atoms with Crippen LogP contribution in [0.2, 0.25) is 0 Å². The normalized spacial score (nSPS) is 16.3. The van der Waals surface area contributed by atoms with Gasteiger partial charge in [0, 0.05) is 31.2 Å². The van der Waals surface area contributed by atoms with Crippen LogP contribution in [0.15, 0.2) is 82.7 Å². The van der Waals surface area contributed by atoms with Crippen LogP contribution in [0.4, 0.5) is 0 Å². The molecule has 42 heavy (non-hydrogen) atoms. The number of amides is 1. The molecule has 1 aliphatic rings. The second kappa shape index (κ2) is 14.2. The van der Waals surface area contributed by atoms with Gasteiger partial charge in [-0.1, -0.05) is 18.2 Å². The molecule has 1 heterocycles. The molecule has 0 fully saturated rings. The van der Waals surface area contributed by atoms with E-state index in [-0.39, 0.29) is 42.7 Å². The highest BCUT2D eigenvalue weighted by molar-refractivity contribution is 7.91. The molecule has 3 aromatic carbocycles. The van der Waals surface area contributed by atoms with Crippen LogP contribution in [0.1, 0.15) is 24.0 Å². The number of ether oxygens (including phenoxy) is 4. The number of carbonyl (C=O) groups excluding carboxylic acids is 1. The Balaban J connectivity index is 1.52. The first-order valence-corrected chi connectivity index (χ1v) is 15.0. The van der Waals surface area contributed by atoms with Crippen molar-refractivity contribution >= 4 is 21.6 Å². The molecule has 0 spiro atoms. The Kier molecular flexibility index (Phi) is 10.4. The number of aliphatic hydroxyl groups is 1. The van der Waals surface area contributed by atoms with Crippen molar-refractivity contribution in [2.75, 3.05) is 39.8 Å². The molecule has 0 radical (unpaired) electrons. The number of sulfone groups is 1. The van der Waals surface area contributed by atoms with E-state index in [1.165, 1.54) is 12.1 Å². The van der Waals surface area contributed by atoms with Gasteiger partial charge in [0.15, 0.2) is 15.4 Å². The molecule has 4 rings (SSSR count). The number of nitrogens with zero attached hydrogens (tertiary/aromatic N) is 1. The maximum Gasteiger partial charge on any atom is 0.265 e. The Morgan fingerprint density at radius 3 is 2.33 bits per heavy atom. The van der Waals surface area contributed by atoms with Crippen LogP contribution in [0, 0.1) is 0 Å². The molecule has 0 unspecified atom stereocenters. The highest BCUT2D eigenvalue weighted by Crippen LogP contribution is 2.29. The molecule has 0 bridgehead atoms. The zero-order valence-electron chi connectivity index (χ0n) is 23.5. The molecule has 1 atom stereocenters. The lowest BCUT2D eigenvalue weighted by Crippen LogP contribution is -2.52. The summed E-state index contributed by atoms with van der Waals surface area (Å²) in [4.78, 5) is 18.4. The van der Waals surface area contributed by atoms with E-state index >= 15 is 0 Å². The molecule has 0 aliphatic carbocycles. The van der Waals surface area contributed by atoms with E-state index in [9.17, 15) is 13.2 Å². The highest BCUT2D eigenvalue weighted by Gasteiger charge is 2.45. The summed E-state index contributed by atoms with van der Waals surface area (Å²) < 4.78 is 48.2. The van der Waals surface area contributed by atoms with Gasteiger partial charge in [0.05, 0.1) is 31.5 Å². The summed E-state index contributed by atoms with van der Waals surface area (Å²) in [6, 6.07) is 20.4. The maximum absolute atomic E-state index is 13.6. The van der Waals surface area contributed by atoms with Crippen molar-refractivity contribution in [3.63, 3.8) is 0 Å². The van der Waals surface area contributed by atoms with Gasteiger partial charge in [0.1, 0.15) is 23.9 Å². The number of benzene rings is 3. The van der Waals surface area contributed by atoms with Gasteiger partial charge in [0.2, 0.25) is 5.90 Å². The van der Waals surface area contributed by atoms with E-state index in [0.717, 1.165) is 5.56 Å². The number of carbonyl (C=O) groups is 1. The van der Waals surface area contributed by atoms with Crippen LogP contribution in [0.25, 0.3) is 0 Å². The molecule has 11 nitrogen and oxygen atoms in total. The van der Waals surface area contributed by atoms with Gasteiger partial charge in [-0.25, -0.2) is 18.8 Å². The van der Waals surface area contributed by atoms with Crippen LogP contribution in [0.5, 0.6) is 17.2 Å². The number of aliphatic hydroxyl groups excluding tert-OH is 1. The lowest BCUT2D eigenvalue weighted by molar-refractivity contribution is -0.127. The number of aliphatic imine (C=N–C) groups is 1. The van der Waals surface area contributed by atoms with Crippen molar-refractivity contribution in [3.05, 3.63) is 83.9 Å². The molecule has 3 N–H and O–H groups in total. The molecule has 0 aromatic heterocycles. The number of hydrogen-bond acceptors (Lipinski definition) is 10. The lowest BCUT2D eigenvalue weighted by Gasteiger charge is -2.23. The van der Waals surface area contributed by atoms with Gasteiger partial charge in [-0.05, 0) is 60.5 Å². The summed E-state index contributed by atoms with van der Waals surface area (Å²) in [6.07, 6.45) is 0.414. The Labute approximate surface area is 245 Å². The van der Waals surface area contributed by atoms with E-state index in [1.807, 2.05) is 0 Å². The fourth-order valence-electron chi connectivity index (χ4n) is 4.26. The van der Waals surface area contributed by atoms with Crippen LogP contribution < -0.4 is 25.1 Å². The standard InChI is InChI=1S/C30H35N3O8S/c1-38-25-17-22(18-26(19-25)39-2)20-31-33-29(35)30(13-16-42(36,37)27-7-4-3-5-8-27)21-41-28(32-30)23-9-11-24(12-10-23)40-15-6-14-34/h3-5,7-12,17-19,31,34H,6,13-16,20-21H2,1-2H3,(H,33,35)/t30-/m0/s1. The Morgan fingerprint density at radius 1 is 1.00 bits per heavy atom. The molecule has 224 valence electrons. The lowest BCUT2D eigenvalue weighted by atomic mass is 9.98. The van der Waals surface area contributed by atoms with Crippen LogP contribution in [0.3, 0.4) is 0 Å². The number of methoxy groups -OCH3 is 2. The largest absolute Gasteiger partial charge is 0.497 e. The number of hydrazine groups is 1. The third kappa shape index (κ3) is 7.78. The summed E-state index contributed by atoms with van der Waals surface area (Å²) in [5.41, 5.74) is 5.49. The van der Waals surface area contributed by atoms with Gasteiger partial charge in [-0.15, -0.1) is 0 Å². The van der Waals surface area contributed by atoms with Crippen LogP contribution in [-0.2, 0) is 25.9 Å². The summed E-state index contributed by atoms with van der Waals surface area (Å²) in [6.45, 7) is 0.520. The monoisotopic (exact) mass is 597 g/mol. The van der Waals surface area contributed by atoms with Crippen molar-refractivity contribution in [3.8, 4) is 17.2 Å². The van der Waals surface area contributed by atoms with Gasteiger partial charge < -0.3 is 24.1 Å². The quantitative estimate of drug-likeness (QED) is 0.178. The first-order chi connectivity index (χ1) is 20.3. The smallest absolute Gasteiger partial charge is 0.265 e. The minimum Gasteiger partial charge on any atom is -0.497 e. The predicted octanol–water partition coefficient (Wildman–Crippen LogP) is 2.67. The summed E-state index contributed by atoms with van der Waals surface area (Å²) >= 11 is 0. The first-order valence-electron chi connectivity index (χ1n) is 13.4. The van der Waals surface area contributed by atoms with E-state index in [4.69, 9.17) is 24.1 Å². The van der Waals surface area contributed by atoms with E-state index < -0.39 is 21.3 Å². The molecule has 12 heteroatoms. The summed E-state index contributed by atoms with van der Waals surface area (Å²) in [5.74, 6) is 1.20. The summed E-state index contributed by atoms with van der Waals surface area (Å²) in [7, 11) is -0.584. The Morgan fingerprint density at radius 2 is 1.69 bits per heavy atom. The van der Waals surface area contributed by atoms with Crippen molar-refractivity contribution < 1.29 is 37.3 Å². The molecule has 3 aromatic rings. The minimum absolute atomic E-state index is 0.0372. The fraction of sp³-hybridized carbons (Fsp3) is 0.333. The average Bonchev–Trinajstić information content (AvgIpc) is 3.46. The Hall–Kier alpha value is -4.13. The predicted molar refractivity (Wildman–Crippen MR) is 156 cm³/mol. The number of hydrogen-bond donors (Lipinski definition) is 3. The zero-order chi connectivity index (χ0) is 30.0. The first kappa shape index (κ1) is 30.8. The molecule has 0 saturated carbocycles. The minimum atomic E-state index is -3.68. The SMILES string of the molecule is COc1cc(CNNC(=O)[C@]2(CCS(=O)(=O)c3ccccc3)COC(c3ccc(OCCCO)cc3)=N2)cc(OC)c1. The fourth-order valence-corrected chi connectivity index (χ4v) is 5.67. The third-order valence-corrected chi connectivity index (χ3v) is 8.38. The zero-order valence-corrected chi connectivity index (χ0v) is 24.4. The molecular formula is C30H35N3O8S. The van der Waals surface area contributed by atoms with Crippen LogP contribution >= 0.6 is 0 Å². The van der Waals surface area contributed by atoms with E-state index in [0.29, 0.717) is 35.8 Å². The van der Waals surface area contributed by atoms with Crippen molar-refractivity contribution in [2.45, 2.75) is 29.8 Å². The van der Waals surface area contributed by atoms with Crippen molar-refractivity contribution in [2.24, 2.45) is 4.99 Å². The summed E-state index contributed by atoms with van der Waals surface area (Å²) in [5, 5.41) is 8.94. The molecule has 1 amide bonds. The van der Waals surface area contributed by atoms with Gasteiger partial charge >= 0.3 is 0 Å². The van der Waals surface area contributed by atoms with Crippen molar-refractivity contribution in [1.29, 1.82) is 0 Å². The van der Waals surface area contributed by atoms with Gasteiger partial charge in [-0.2, -0.15) is 0 Å². The van der Waals surface area contributed by atoms with Crippen molar-refractivity contribution in [1.82, 2.24) is 10.9 Å². The average molecular weight is 598 g/mol. The Bertz CT molecular complexity index is 1460. The van der Waals surface area contributed by atoms with Gasteiger partial charge in [-0.3, -0.25) is 10.2 Å². The van der Waals surface area contributed by atoms with Gasteiger partial charge in [0.25, 0.3) is 5.91 Å². The molecular weight excluding hydrogens is 562 g/mol. The second-order valence-corrected chi connectivity index (χ2v) is 11.7. The second-order valence-electron chi connectivity index (χ2n) is 9.60. The topological polar surface area (TPSA) is 145 Å². The number of rotatable bonds is 15.